The molecule has 5 nitrogen and oxygen atoms in total. The van der Waals surface area contributed by atoms with Gasteiger partial charge in [0.05, 0.1) is 6.54 Å². The molecule has 5 rings (SSSR count). The lowest BCUT2D eigenvalue weighted by atomic mass is 9.81. The van der Waals surface area contributed by atoms with E-state index in [0.29, 0.717) is 6.54 Å². The molecule has 1 aliphatic carbocycles. The molecular formula is C22H24N4O. The number of aromatic nitrogens is 3. The maximum absolute atomic E-state index is 12.5. The van der Waals surface area contributed by atoms with Crippen LogP contribution in [0.5, 0.6) is 0 Å². The minimum Gasteiger partial charge on any atom is -0.323 e. The summed E-state index contributed by atoms with van der Waals surface area (Å²) < 4.78 is 1.78. The number of aryl methyl sites for hydroxylation is 1. The second kappa shape index (κ2) is 7.74. The summed E-state index contributed by atoms with van der Waals surface area (Å²) in [6.45, 7) is 0.696. The molecule has 1 saturated carbocycles. The highest BCUT2D eigenvalue weighted by molar-refractivity contribution is 6.09. The van der Waals surface area contributed by atoms with Crippen molar-refractivity contribution in [1.29, 1.82) is 0 Å². The van der Waals surface area contributed by atoms with E-state index in [1.54, 1.807) is 17.2 Å². The average Bonchev–Trinajstić information content (AvgIpc) is 3.26. The number of benzene rings is 2. The molecule has 3 aromatic rings. The van der Waals surface area contributed by atoms with Crippen LogP contribution in [-0.4, -0.2) is 20.7 Å². The van der Waals surface area contributed by atoms with E-state index in [9.17, 15) is 4.79 Å². The maximum atomic E-state index is 12.5. The number of fused-ring (bicyclic) bond motifs is 1. The van der Waals surface area contributed by atoms with E-state index in [0.717, 1.165) is 29.2 Å². The number of carbonyl (C=O) groups excluding carboxylic acids is 1. The molecule has 27 heavy (non-hydrogen) atoms. The highest BCUT2D eigenvalue weighted by Gasteiger charge is 2.28. The zero-order valence-electron chi connectivity index (χ0n) is 15.6. The molecule has 1 fully saturated rings. The molecule has 0 radical (unpaired) electrons. The Kier molecular flexibility index (Phi) is 5.01. The Balaban J connectivity index is 0.000000257. The SMILES string of the molecule is Cn1cnnc1.O=C1c2ccccc2CN1c1cccc(CC2CCC2)c1. The third-order valence-corrected chi connectivity index (χ3v) is 5.33. The van der Waals surface area contributed by atoms with Gasteiger partial charge in [-0.3, -0.25) is 4.79 Å². The lowest BCUT2D eigenvalue weighted by molar-refractivity contribution is 0.0996. The fourth-order valence-electron chi connectivity index (χ4n) is 3.60. The fourth-order valence-corrected chi connectivity index (χ4v) is 3.60. The molecule has 5 heteroatoms. The normalized spacial score (nSPS) is 15.7. The Hall–Kier alpha value is -2.95. The first kappa shape index (κ1) is 17.5. The number of carbonyl (C=O) groups is 1. The second-order valence-corrected chi connectivity index (χ2v) is 7.35. The first-order valence-electron chi connectivity index (χ1n) is 9.48. The summed E-state index contributed by atoms with van der Waals surface area (Å²) in [7, 11) is 1.88. The van der Waals surface area contributed by atoms with Crippen molar-refractivity contribution >= 4 is 11.6 Å². The van der Waals surface area contributed by atoms with Gasteiger partial charge in [0.2, 0.25) is 0 Å². The summed E-state index contributed by atoms with van der Waals surface area (Å²) in [6.07, 6.45) is 8.53. The molecule has 0 saturated heterocycles. The molecule has 0 atom stereocenters. The molecular weight excluding hydrogens is 336 g/mol. The standard InChI is InChI=1S/C19H19NO.C3H5N3/c21-19-18-10-2-1-8-16(18)13-20(19)17-9-4-7-15(12-17)11-14-5-3-6-14;1-6-2-4-5-3-6/h1-2,4,7-10,12,14H,3,5-6,11,13H2;2-3H,1H3. The van der Waals surface area contributed by atoms with Gasteiger partial charge in [-0.05, 0) is 41.7 Å². The summed E-state index contributed by atoms with van der Waals surface area (Å²) in [5, 5.41) is 7.07. The number of amides is 1. The van der Waals surface area contributed by atoms with E-state index < -0.39 is 0 Å². The van der Waals surface area contributed by atoms with E-state index in [4.69, 9.17) is 0 Å². The van der Waals surface area contributed by atoms with Crippen molar-refractivity contribution in [3.63, 3.8) is 0 Å². The highest BCUT2D eigenvalue weighted by Crippen LogP contribution is 2.32. The van der Waals surface area contributed by atoms with Crippen molar-refractivity contribution in [2.75, 3.05) is 4.90 Å². The molecule has 0 bridgehead atoms. The van der Waals surface area contributed by atoms with Gasteiger partial charge in [-0.15, -0.1) is 10.2 Å². The van der Waals surface area contributed by atoms with Crippen molar-refractivity contribution in [3.8, 4) is 0 Å². The van der Waals surface area contributed by atoms with Gasteiger partial charge in [0.1, 0.15) is 12.7 Å². The van der Waals surface area contributed by atoms with Gasteiger partial charge >= 0.3 is 0 Å². The fraction of sp³-hybridized carbons (Fsp3) is 0.318. The molecule has 2 aromatic carbocycles. The zero-order chi connectivity index (χ0) is 18.6. The topological polar surface area (TPSA) is 51.0 Å². The van der Waals surface area contributed by atoms with Crippen LogP contribution in [0.4, 0.5) is 5.69 Å². The molecule has 0 spiro atoms. The Labute approximate surface area is 159 Å². The van der Waals surface area contributed by atoms with Crippen molar-refractivity contribution in [2.45, 2.75) is 32.2 Å². The lowest BCUT2D eigenvalue weighted by Crippen LogP contribution is -2.23. The van der Waals surface area contributed by atoms with Crippen LogP contribution in [0.1, 0.15) is 40.7 Å². The minimum absolute atomic E-state index is 0.131. The van der Waals surface area contributed by atoms with Crippen LogP contribution in [0.3, 0.4) is 0 Å². The predicted molar refractivity (Wildman–Crippen MR) is 105 cm³/mol. The van der Waals surface area contributed by atoms with Crippen LogP contribution in [0.25, 0.3) is 0 Å². The van der Waals surface area contributed by atoms with Crippen molar-refractivity contribution in [1.82, 2.24) is 14.8 Å². The highest BCUT2D eigenvalue weighted by atomic mass is 16.2. The molecule has 2 aliphatic rings. The van der Waals surface area contributed by atoms with Crippen molar-refractivity contribution in [2.24, 2.45) is 13.0 Å². The van der Waals surface area contributed by atoms with Crippen LogP contribution in [0.15, 0.2) is 61.2 Å². The van der Waals surface area contributed by atoms with Crippen LogP contribution in [-0.2, 0) is 20.0 Å². The lowest BCUT2D eigenvalue weighted by Gasteiger charge is -2.26. The number of hydrogen-bond donors (Lipinski definition) is 0. The summed E-state index contributed by atoms with van der Waals surface area (Å²) in [5.41, 5.74) is 4.38. The first-order chi connectivity index (χ1) is 13.2. The number of nitrogens with zero attached hydrogens (tertiary/aromatic N) is 4. The zero-order valence-corrected chi connectivity index (χ0v) is 15.6. The maximum Gasteiger partial charge on any atom is 0.258 e. The molecule has 0 unspecified atom stereocenters. The average molecular weight is 360 g/mol. The van der Waals surface area contributed by atoms with Crippen LogP contribution in [0, 0.1) is 5.92 Å². The molecule has 1 amide bonds. The summed E-state index contributed by atoms with van der Waals surface area (Å²) in [5.74, 6) is 0.984. The molecule has 0 N–H and O–H groups in total. The Bertz CT molecular complexity index is 916. The summed E-state index contributed by atoms with van der Waals surface area (Å²) in [6, 6.07) is 16.4. The van der Waals surface area contributed by atoms with E-state index in [1.165, 1.54) is 24.8 Å². The Morgan fingerprint density at radius 3 is 2.44 bits per heavy atom. The monoisotopic (exact) mass is 360 g/mol. The van der Waals surface area contributed by atoms with Crippen molar-refractivity contribution in [3.05, 3.63) is 77.9 Å². The van der Waals surface area contributed by atoms with Crippen LogP contribution >= 0.6 is 0 Å². The minimum atomic E-state index is 0.131. The van der Waals surface area contributed by atoms with Gasteiger partial charge in [-0.1, -0.05) is 49.6 Å². The number of hydrogen-bond acceptors (Lipinski definition) is 3. The van der Waals surface area contributed by atoms with Gasteiger partial charge in [-0.25, -0.2) is 0 Å². The number of anilines is 1. The molecule has 138 valence electrons. The first-order valence-corrected chi connectivity index (χ1v) is 9.48. The second-order valence-electron chi connectivity index (χ2n) is 7.35. The summed E-state index contributed by atoms with van der Waals surface area (Å²) in [4.78, 5) is 14.4. The van der Waals surface area contributed by atoms with E-state index in [-0.39, 0.29) is 5.91 Å². The van der Waals surface area contributed by atoms with Gasteiger partial charge in [0, 0.05) is 18.3 Å². The smallest absolute Gasteiger partial charge is 0.258 e. The predicted octanol–water partition coefficient (Wildman–Crippen LogP) is 4.00. The van der Waals surface area contributed by atoms with Crippen molar-refractivity contribution < 1.29 is 4.79 Å². The van der Waals surface area contributed by atoms with E-state index >= 15 is 0 Å². The third kappa shape index (κ3) is 3.92. The Morgan fingerprint density at radius 1 is 1.04 bits per heavy atom. The van der Waals surface area contributed by atoms with Crippen LogP contribution < -0.4 is 4.90 Å². The van der Waals surface area contributed by atoms with E-state index in [2.05, 4.69) is 28.4 Å². The van der Waals surface area contributed by atoms with Gasteiger partial charge < -0.3 is 9.47 Å². The molecule has 1 aliphatic heterocycles. The van der Waals surface area contributed by atoms with E-state index in [1.807, 2.05) is 42.3 Å². The Morgan fingerprint density at radius 2 is 1.81 bits per heavy atom. The molecule has 1 aromatic heterocycles. The summed E-state index contributed by atoms with van der Waals surface area (Å²) >= 11 is 0. The van der Waals surface area contributed by atoms with Gasteiger partial charge in [-0.2, -0.15) is 0 Å². The quantitative estimate of drug-likeness (QED) is 0.709. The third-order valence-electron chi connectivity index (χ3n) is 5.33. The van der Waals surface area contributed by atoms with Crippen LogP contribution in [0.2, 0.25) is 0 Å². The number of rotatable bonds is 3. The van der Waals surface area contributed by atoms with Gasteiger partial charge in [0.25, 0.3) is 5.91 Å². The van der Waals surface area contributed by atoms with Gasteiger partial charge in [0.15, 0.2) is 0 Å². The largest absolute Gasteiger partial charge is 0.323 e. The molecule has 2 heterocycles.